The second-order valence-corrected chi connectivity index (χ2v) is 5.87. The second kappa shape index (κ2) is 7.34. The van der Waals surface area contributed by atoms with Crippen LogP contribution in [0.1, 0.15) is 35.3 Å². The summed E-state index contributed by atoms with van der Waals surface area (Å²) in [7, 11) is 0. The minimum absolute atomic E-state index is 0.329. The average Bonchev–Trinajstić information content (AvgIpc) is 2.63. The zero-order valence-corrected chi connectivity index (χ0v) is 14.8. The Labute approximate surface area is 147 Å². The van der Waals surface area contributed by atoms with Crippen molar-refractivity contribution >= 4 is 28.2 Å². The molecule has 0 amide bonds. The molecule has 0 saturated carbocycles. The van der Waals surface area contributed by atoms with E-state index in [0.717, 1.165) is 39.8 Å². The van der Waals surface area contributed by atoms with Crippen LogP contribution >= 0.6 is 0 Å². The third-order valence-electron chi connectivity index (χ3n) is 4.26. The molecular weight excluding hydrogens is 312 g/mol. The molecule has 0 aliphatic heterocycles. The fourth-order valence-corrected chi connectivity index (χ4v) is 2.92. The Hall–Kier alpha value is -2.88. The number of nitrogens with zero attached hydrogens (tertiary/aromatic N) is 1. The smallest absolute Gasteiger partial charge is 0.341 e. The fraction of sp³-hybridized carbons (Fsp3) is 0.238. The zero-order valence-electron chi connectivity index (χ0n) is 14.8. The van der Waals surface area contributed by atoms with Crippen molar-refractivity contribution in [2.75, 3.05) is 11.9 Å². The first-order chi connectivity index (χ1) is 12.2. The van der Waals surface area contributed by atoms with Gasteiger partial charge in [-0.1, -0.05) is 43.3 Å². The number of fused-ring (bicyclic) bond motifs is 1. The second-order valence-electron chi connectivity index (χ2n) is 5.87. The standard InChI is InChI=1S/C21H22N2O2/c1-4-15-10-8-11-16-19(15)22-13-17(21(24)25-5-2)20(16)23-18-12-7-6-9-14(18)3/h6-13H,4-5H2,1-3H3,(H,22,23). The fourth-order valence-electron chi connectivity index (χ4n) is 2.92. The van der Waals surface area contributed by atoms with Crippen LogP contribution in [0.3, 0.4) is 0 Å². The molecule has 2 aromatic carbocycles. The molecule has 0 radical (unpaired) electrons. The molecule has 0 atom stereocenters. The number of aromatic nitrogens is 1. The number of anilines is 2. The molecule has 0 spiro atoms. The molecule has 0 unspecified atom stereocenters. The predicted octanol–water partition coefficient (Wildman–Crippen LogP) is 5.03. The molecule has 128 valence electrons. The third-order valence-corrected chi connectivity index (χ3v) is 4.26. The van der Waals surface area contributed by atoms with Gasteiger partial charge in [0.2, 0.25) is 0 Å². The van der Waals surface area contributed by atoms with E-state index in [2.05, 4.69) is 23.3 Å². The summed E-state index contributed by atoms with van der Waals surface area (Å²) >= 11 is 0. The maximum atomic E-state index is 12.4. The van der Waals surface area contributed by atoms with Gasteiger partial charge < -0.3 is 10.1 Å². The molecule has 3 rings (SSSR count). The summed E-state index contributed by atoms with van der Waals surface area (Å²) in [6.45, 7) is 6.27. The molecule has 4 nitrogen and oxygen atoms in total. The van der Waals surface area contributed by atoms with Crippen LogP contribution in [0.4, 0.5) is 11.4 Å². The number of hydrogen-bond acceptors (Lipinski definition) is 4. The van der Waals surface area contributed by atoms with Crippen LogP contribution in [0, 0.1) is 6.92 Å². The molecule has 0 aliphatic rings. The first-order valence-electron chi connectivity index (χ1n) is 8.56. The van der Waals surface area contributed by atoms with Gasteiger partial charge in [0.25, 0.3) is 0 Å². The van der Waals surface area contributed by atoms with E-state index in [-0.39, 0.29) is 5.97 Å². The summed E-state index contributed by atoms with van der Waals surface area (Å²) in [6.07, 6.45) is 2.49. The highest BCUT2D eigenvalue weighted by atomic mass is 16.5. The summed E-state index contributed by atoms with van der Waals surface area (Å²) < 4.78 is 5.22. The van der Waals surface area contributed by atoms with Crippen molar-refractivity contribution in [3.8, 4) is 0 Å². The van der Waals surface area contributed by atoms with Gasteiger partial charge in [0.15, 0.2) is 0 Å². The van der Waals surface area contributed by atoms with Crippen molar-refractivity contribution < 1.29 is 9.53 Å². The number of esters is 1. The maximum Gasteiger partial charge on any atom is 0.341 e. The zero-order chi connectivity index (χ0) is 17.8. The number of hydrogen-bond donors (Lipinski definition) is 1. The maximum absolute atomic E-state index is 12.4. The van der Waals surface area contributed by atoms with E-state index in [4.69, 9.17) is 4.74 Å². The number of rotatable bonds is 5. The molecule has 0 bridgehead atoms. The van der Waals surface area contributed by atoms with Gasteiger partial charge in [0, 0.05) is 17.3 Å². The lowest BCUT2D eigenvalue weighted by molar-refractivity contribution is 0.0527. The highest BCUT2D eigenvalue weighted by Crippen LogP contribution is 2.32. The first kappa shape index (κ1) is 17.0. The summed E-state index contributed by atoms with van der Waals surface area (Å²) in [5.41, 5.74) is 5.32. The normalized spacial score (nSPS) is 10.7. The van der Waals surface area contributed by atoms with Gasteiger partial charge in [-0.3, -0.25) is 4.98 Å². The number of nitrogens with one attached hydrogen (secondary N) is 1. The van der Waals surface area contributed by atoms with Crippen LogP contribution in [-0.2, 0) is 11.2 Å². The predicted molar refractivity (Wildman–Crippen MR) is 102 cm³/mol. The highest BCUT2D eigenvalue weighted by Gasteiger charge is 2.18. The van der Waals surface area contributed by atoms with Crippen LogP contribution in [0.5, 0.6) is 0 Å². The van der Waals surface area contributed by atoms with E-state index >= 15 is 0 Å². The van der Waals surface area contributed by atoms with Crippen LogP contribution in [0.25, 0.3) is 10.9 Å². The Balaban J connectivity index is 2.22. The molecule has 3 aromatic rings. The average molecular weight is 334 g/mol. The van der Waals surface area contributed by atoms with Crippen molar-refractivity contribution in [2.45, 2.75) is 27.2 Å². The van der Waals surface area contributed by atoms with Crippen LogP contribution < -0.4 is 5.32 Å². The molecule has 0 fully saturated rings. The number of para-hydroxylation sites is 2. The minimum atomic E-state index is -0.366. The van der Waals surface area contributed by atoms with Crippen molar-refractivity contribution in [3.05, 3.63) is 65.4 Å². The molecule has 4 heteroatoms. The lowest BCUT2D eigenvalue weighted by Crippen LogP contribution is -2.10. The Bertz CT molecular complexity index is 919. The summed E-state index contributed by atoms with van der Waals surface area (Å²) in [4.78, 5) is 17.0. The van der Waals surface area contributed by atoms with Crippen LogP contribution in [0.2, 0.25) is 0 Å². The minimum Gasteiger partial charge on any atom is -0.462 e. The molecule has 0 saturated heterocycles. The van der Waals surface area contributed by atoms with Crippen molar-refractivity contribution in [2.24, 2.45) is 0 Å². The monoisotopic (exact) mass is 334 g/mol. The Morgan fingerprint density at radius 3 is 2.64 bits per heavy atom. The number of carbonyl (C=O) groups is 1. The largest absolute Gasteiger partial charge is 0.462 e. The Kier molecular flexibility index (Phi) is 4.98. The van der Waals surface area contributed by atoms with Gasteiger partial charge in [-0.15, -0.1) is 0 Å². The first-order valence-corrected chi connectivity index (χ1v) is 8.56. The highest BCUT2D eigenvalue weighted by molar-refractivity contribution is 6.06. The SMILES string of the molecule is CCOC(=O)c1cnc2c(CC)cccc2c1Nc1ccccc1C. The van der Waals surface area contributed by atoms with Crippen LogP contribution in [0.15, 0.2) is 48.7 Å². The molecule has 25 heavy (non-hydrogen) atoms. The van der Waals surface area contributed by atoms with Crippen molar-refractivity contribution in [1.29, 1.82) is 0 Å². The van der Waals surface area contributed by atoms with Crippen molar-refractivity contribution in [1.82, 2.24) is 4.98 Å². The molecule has 1 N–H and O–H groups in total. The van der Waals surface area contributed by atoms with E-state index in [0.29, 0.717) is 12.2 Å². The van der Waals surface area contributed by atoms with Gasteiger partial charge in [-0.2, -0.15) is 0 Å². The Morgan fingerprint density at radius 1 is 1.12 bits per heavy atom. The topological polar surface area (TPSA) is 51.2 Å². The van der Waals surface area contributed by atoms with E-state index in [9.17, 15) is 4.79 Å². The summed E-state index contributed by atoms with van der Waals surface area (Å²) in [5, 5.41) is 4.36. The van der Waals surface area contributed by atoms with Crippen molar-refractivity contribution in [3.63, 3.8) is 0 Å². The Morgan fingerprint density at radius 2 is 1.92 bits per heavy atom. The van der Waals surface area contributed by atoms with Gasteiger partial charge in [0.1, 0.15) is 5.56 Å². The number of aryl methyl sites for hydroxylation is 2. The van der Waals surface area contributed by atoms with Gasteiger partial charge in [-0.05, 0) is 37.5 Å². The lowest BCUT2D eigenvalue weighted by atomic mass is 10.0. The summed E-state index contributed by atoms with van der Waals surface area (Å²) in [6, 6.07) is 14.1. The van der Waals surface area contributed by atoms with Gasteiger partial charge in [-0.25, -0.2) is 4.79 Å². The van der Waals surface area contributed by atoms with Gasteiger partial charge in [0.05, 0.1) is 17.8 Å². The quantitative estimate of drug-likeness (QED) is 0.665. The molecular formula is C21H22N2O2. The number of benzene rings is 2. The van der Waals surface area contributed by atoms with Crippen LogP contribution in [-0.4, -0.2) is 17.6 Å². The summed E-state index contributed by atoms with van der Waals surface area (Å²) in [5.74, 6) is -0.366. The molecule has 1 heterocycles. The number of ether oxygens (including phenoxy) is 1. The molecule has 1 aromatic heterocycles. The van der Waals surface area contributed by atoms with E-state index in [1.807, 2.05) is 43.3 Å². The molecule has 0 aliphatic carbocycles. The lowest BCUT2D eigenvalue weighted by Gasteiger charge is -2.16. The van der Waals surface area contributed by atoms with E-state index in [1.165, 1.54) is 0 Å². The van der Waals surface area contributed by atoms with E-state index in [1.54, 1.807) is 13.1 Å². The van der Waals surface area contributed by atoms with E-state index < -0.39 is 0 Å². The van der Waals surface area contributed by atoms with Gasteiger partial charge >= 0.3 is 5.97 Å². The number of carbonyl (C=O) groups excluding carboxylic acids is 1. The third kappa shape index (κ3) is 3.33. The number of pyridine rings is 1.